The molecule has 0 N–H and O–H groups in total. The summed E-state index contributed by atoms with van der Waals surface area (Å²) in [6, 6.07) is 13.7. The molecule has 2 rings (SSSR count). The third kappa shape index (κ3) is 6.70. The van der Waals surface area contributed by atoms with E-state index in [4.69, 9.17) is 9.15 Å². The Morgan fingerprint density at radius 1 is 1.11 bits per heavy atom. The molecule has 28 heavy (non-hydrogen) atoms. The Kier molecular flexibility index (Phi) is 8.49. The lowest BCUT2D eigenvalue weighted by Crippen LogP contribution is -2.44. The fraction of sp³-hybridized carbons (Fsp3) is 0.364. The van der Waals surface area contributed by atoms with E-state index in [1.54, 1.807) is 11.0 Å². The summed E-state index contributed by atoms with van der Waals surface area (Å²) in [5.41, 5.74) is 1.15. The number of hydrogen-bond donors (Lipinski definition) is 0. The van der Waals surface area contributed by atoms with Gasteiger partial charge in [-0.3, -0.25) is 9.59 Å². The predicted molar refractivity (Wildman–Crippen MR) is 108 cm³/mol. The van der Waals surface area contributed by atoms with Gasteiger partial charge < -0.3 is 19.0 Å². The number of aryl methyl sites for hydroxylation is 1. The molecule has 0 saturated heterocycles. The number of methoxy groups -OCH3 is 1. The Balaban J connectivity index is 2.09. The zero-order chi connectivity index (χ0) is 20.4. The first-order valence-corrected chi connectivity index (χ1v) is 9.28. The molecule has 0 spiro atoms. The second-order valence-corrected chi connectivity index (χ2v) is 6.56. The van der Waals surface area contributed by atoms with Gasteiger partial charge in [0.05, 0.1) is 6.54 Å². The fourth-order valence-electron chi connectivity index (χ4n) is 2.85. The number of amides is 2. The van der Waals surface area contributed by atoms with Crippen molar-refractivity contribution < 1.29 is 18.7 Å². The molecule has 0 radical (unpaired) electrons. The molecule has 0 aliphatic carbocycles. The molecule has 6 nitrogen and oxygen atoms in total. The number of ether oxygens (including phenoxy) is 1. The van der Waals surface area contributed by atoms with Gasteiger partial charge in [0.2, 0.25) is 11.8 Å². The summed E-state index contributed by atoms with van der Waals surface area (Å²) in [4.78, 5) is 28.4. The van der Waals surface area contributed by atoms with Crippen LogP contribution in [0.2, 0.25) is 0 Å². The molecule has 0 aliphatic rings. The van der Waals surface area contributed by atoms with Gasteiger partial charge in [-0.1, -0.05) is 36.4 Å². The van der Waals surface area contributed by atoms with Crippen LogP contribution in [-0.4, -0.2) is 55.0 Å². The number of hydrogen-bond acceptors (Lipinski definition) is 4. The highest BCUT2D eigenvalue weighted by Crippen LogP contribution is 2.12. The number of furan rings is 1. The van der Waals surface area contributed by atoms with Gasteiger partial charge in [0.1, 0.15) is 24.7 Å². The molecule has 0 saturated carbocycles. The van der Waals surface area contributed by atoms with Gasteiger partial charge in [0.25, 0.3) is 0 Å². The third-order valence-corrected chi connectivity index (χ3v) is 4.30. The SMILES string of the molecule is C=CCN(CC(=O)N(CCc1ccccc1)Cc1ccc(C)o1)C(=O)COC. The van der Waals surface area contributed by atoms with Crippen molar-refractivity contribution in [2.45, 2.75) is 19.9 Å². The average molecular weight is 384 g/mol. The van der Waals surface area contributed by atoms with Crippen LogP contribution in [-0.2, 0) is 27.3 Å². The van der Waals surface area contributed by atoms with E-state index in [1.165, 1.54) is 12.0 Å². The van der Waals surface area contributed by atoms with Crippen molar-refractivity contribution in [3.05, 3.63) is 72.2 Å². The van der Waals surface area contributed by atoms with E-state index >= 15 is 0 Å². The predicted octanol–water partition coefficient (Wildman–Crippen LogP) is 2.82. The molecule has 1 aromatic carbocycles. The third-order valence-electron chi connectivity index (χ3n) is 4.30. The lowest BCUT2D eigenvalue weighted by Gasteiger charge is -2.26. The Labute approximate surface area is 166 Å². The topological polar surface area (TPSA) is 63.0 Å². The van der Waals surface area contributed by atoms with Crippen LogP contribution in [0.3, 0.4) is 0 Å². The molecule has 150 valence electrons. The van der Waals surface area contributed by atoms with E-state index in [2.05, 4.69) is 6.58 Å². The highest BCUT2D eigenvalue weighted by atomic mass is 16.5. The lowest BCUT2D eigenvalue weighted by atomic mass is 10.1. The van der Waals surface area contributed by atoms with Crippen LogP contribution in [0.5, 0.6) is 0 Å². The molecule has 0 bridgehead atoms. The molecule has 1 heterocycles. The first-order valence-electron chi connectivity index (χ1n) is 9.28. The summed E-state index contributed by atoms with van der Waals surface area (Å²) in [6.45, 7) is 6.63. The van der Waals surface area contributed by atoms with Gasteiger partial charge in [-0.25, -0.2) is 0 Å². The number of carbonyl (C=O) groups excluding carboxylic acids is 2. The van der Waals surface area contributed by atoms with Crippen molar-refractivity contribution >= 4 is 11.8 Å². The van der Waals surface area contributed by atoms with E-state index in [0.29, 0.717) is 19.6 Å². The van der Waals surface area contributed by atoms with Gasteiger partial charge in [-0.15, -0.1) is 6.58 Å². The molecule has 2 aromatic rings. The van der Waals surface area contributed by atoms with Gasteiger partial charge >= 0.3 is 0 Å². The van der Waals surface area contributed by atoms with Crippen LogP contribution in [0.15, 0.2) is 59.5 Å². The number of benzene rings is 1. The molecule has 0 unspecified atom stereocenters. The molecule has 0 atom stereocenters. The second kappa shape index (κ2) is 11.1. The Morgan fingerprint density at radius 2 is 1.86 bits per heavy atom. The van der Waals surface area contributed by atoms with Crippen molar-refractivity contribution in [1.29, 1.82) is 0 Å². The first-order chi connectivity index (χ1) is 13.5. The van der Waals surface area contributed by atoms with E-state index in [0.717, 1.165) is 23.5 Å². The minimum atomic E-state index is -0.243. The van der Waals surface area contributed by atoms with Crippen molar-refractivity contribution in [1.82, 2.24) is 9.80 Å². The number of carbonyl (C=O) groups is 2. The normalized spacial score (nSPS) is 10.5. The van der Waals surface area contributed by atoms with E-state index in [1.807, 2.05) is 49.4 Å². The quantitative estimate of drug-likeness (QED) is 0.559. The van der Waals surface area contributed by atoms with Crippen LogP contribution in [0.25, 0.3) is 0 Å². The van der Waals surface area contributed by atoms with Gasteiger partial charge in [-0.05, 0) is 31.0 Å². The maximum absolute atomic E-state index is 13.0. The number of rotatable bonds is 11. The van der Waals surface area contributed by atoms with Crippen LogP contribution in [0.4, 0.5) is 0 Å². The highest BCUT2D eigenvalue weighted by molar-refractivity contribution is 5.85. The van der Waals surface area contributed by atoms with Crippen LogP contribution >= 0.6 is 0 Å². The summed E-state index contributed by atoms with van der Waals surface area (Å²) in [5, 5.41) is 0. The first kappa shape index (κ1) is 21.4. The summed E-state index contributed by atoms with van der Waals surface area (Å²) >= 11 is 0. The van der Waals surface area contributed by atoms with Crippen molar-refractivity contribution in [2.75, 3.05) is 33.4 Å². The molecular weight excluding hydrogens is 356 g/mol. The zero-order valence-corrected chi connectivity index (χ0v) is 16.6. The van der Waals surface area contributed by atoms with Crippen LogP contribution in [0, 0.1) is 6.92 Å². The second-order valence-electron chi connectivity index (χ2n) is 6.56. The smallest absolute Gasteiger partial charge is 0.249 e. The van der Waals surface area contributed by atoms with E-state index < -0.39 is 0 Å². The minimum absolute atomic E-state index is 0.0251. The summed E-state index contributed by atoms with van der Waals surface area (Å²) in [7, 11) is 1.46. The zero-order valence-electron chi connectivity index (χ0n) is 16.6. The summed E-state index contributed by atoms with van der Waals surface area (Å²) < 4.78 is 10.6. The molecule has 0 fully saturated rings. The van der Waals surface area contributed by atoms with Crippen molar-refractivity contribution in [3.63, 3.8) is 0 Å². The molecule has 6 heteroatoms. The van der Waals surface area contributed by atoms with Crippen molar-refractivity contribution in [3.8, 4) is 0 Å². The fourth-order valence-corrected chi connectivity index (χ4v) is 2.85. The maximum atomic E-state index is 13.0. The van der Waals surface area contributed by atoms with E-state index in [-0.39, 0.29) is 25.0 Å². The summed E-state index contributed by atoms with van der Waals surface area (Å²) in [6.07, 6.45) is 2.32. The van der Waals surface area contributed by atoms with Crippen LogP contribution < -0.4 is 0 Å². The molecular formula is C22H28N2O4. The standard InChI is InChI=1S/C22H28N2O4/c1-4-13-23(22(26)17-27-3)16-21(25)24(15-20-11-10-18(2)28-20)14-12-19-8-6-5-7-9-19/h4-11H,1,12-17H2,2-3H3. The average Bonchev–Trinajstić information content (AvgIpc) is 3.10. The van der Waals surface area contributed by atoms with Gasteiger partial charge in [-0.2, -0.15) is 0 Å². The van der Waals surface area contributed by atoms with Gasteiger partial charge in [0, 0.05) is 20.2 Å². The lowest BCUT2D eigenvalue weighted by molar-refractivity contribution is -0.142. The largest absolute Gasteiger partial charge is 0.464 e. The molecule has 1 aromatic heterocycles. The monoisotopic (exact) mass is 384 g/mol. The Hall–Kier alpha value is -2.86. The Bertz CT molecular complexity index is 770. The summed E-state index contributed by atoms with van der Waals surface area (Å²) in [5.74, 6) is 1.13. The van der Waals surface area contributed by atoms with Gasteiger partial charge in [0.15, 0.2) is 0 Å². The van der Waals surface area contributed by atoms with Crippen LogP contribution in [0.1, 0.15) is 17.1 Å². The molecule has 0 aliphatic heterocycles. The minimum Gasteiger partial charge on any atom is -0.464 e. The Morgan fingerprint density at radius 3 is 2.46 bits per heavy atom. The molecule has 2 amide bonds. The highest BCUT2D eigenvalue weighted by Gasteiger charge is 2.21. The van der Waals surface area contributed by atoms with E-state index in [9.17, 15) is 9.59 Å². The maximum Gasteiger partial charge on any atom is 0.249 e. The van der Waals surface area contributed by atoms with Crippen molar-refractivity contribution in [2.24, 2.45) is 0 Å². The number of nitrogens with zero attached hydrogens (tertiary/aromatic N) is 2.